The summed E-state index contributed by atoms with van der Waals surface area (Å²) in [4.78, 5) is 11.7. The molecular formula is C15H25ClN2O2. The van der Waals surface area contributed by atoms with Crippen LogP contribution in [0, 0.1) is 0 Å². The Morgan fingerprint density at radius 3 is 2.65 bits per heavy atom. The molecule has 0 heterocycles. The molecule has 0 aliphatic rings. The van der Waals surface area contributed by atoms with Crippen LogP contribution < -0.4 is 11.1 Å². The predicted octanol–water partition coefficient (Wildman–Crippen LogP) is 2.43. The lowest BCUT2D eigenvalue weighted by Crippen LogP contribution is -2.28. The van der Waals surface area contributed by atoms with Crippen LogP contribution in [0.1, 0.15) is 37.8 Å². The number of amides is 1. The van der Waals surface area contributed by atoms with E-state index in [0.29, 0.717) is 13.0 Å². The molecule has 0 spiro atoms. The van der Waals surface area contributed by atoms with Crippen LogP contribution in [0.4, 0.5) is 0 Å². The van der Waals surface area contributed by atoms with Crippen molar-refractivity contribution in [3.63, 3.8) is 0 Å². The summed E-state index contributed by atoms with van der Waals surface area (Å²) in [6.07, 6.45) is 2.24. The van der Waals surface area contributed by atoms with Crippen LogP contribution >= 0.6 is 12.4 Å². The lowest BCUT2D eigenvalue weighted by Gasteiger charge is -2.12. The van der Waals surface area contributed by atoms with Gasteiger partial charge in [0.25, 0.3) is 0 Å². The third-order valence-electron chi connectivity index (χ3n) is 2.87. The molecule has 0 fully saturated rings. The van der Waals surface area contributed by atoms with Gasteiger partial charge in [-0.15, -0.1) is 12.4 Å². The number of carbonyl (C=O) groups excluding carboxylic acids is 1. The van der Waals surface area contributed by atoms with E-state index in [1.165, 1.54) is 0 Å². The molecule has 1 aromatic carbocycles. The van der Waals surface area contributed by atoms with Gasteiger partial charge in [-0.05, 0) is 25.3 Å². The first-order valence-corrected chi connectivity index (χ1v) is 6.89. The minimum atomic E-state index is -0.232. The van der Waals surface area contributed by atoms with Gasteiger partial charge in [-0.1, -0.05) is 30.3 Å². The zero-order chi connectivity index (χ0) is 13.9. The molecule has 1 rings (SSSR count). The van der Waals surface area contributed by atoms with Crippen LogP contribution in [0.2, 0.25) is 0 Å². The van der Waals surface area contributed by atoms with E-state index in [-0.39, 0.29) is 24.4 Å². The van der Waals surface area contributed by atoms with Gasteiger partial charge in [0, 0.05) is 32.2 Å². The van der Waals surface area contributed by atoms with E-state index < -0.39 is 0 Å². The molecule has 1 unspecified atom stereocenters. The molecule has 3 N–H and O–H groups in total. The number of ether oxygens (including phenoxy) is 1. The molecule has 1 aromatic rings. The maximum Gasteiger partial charge on any atom is 0.221 e. The second-order valence-electron chi connectivity index (χ2n) is 4.48. The maximum atomic E-state index is 11.7. The van der Waals surface area contributed by atoms with E-state index in [1.54, 1.807) is 0 Å². The van der Waals surface area contributed by atoms with Crippen molar-refractivity contribution in [3.05, 3.63) is 35.9 Å². The minimum Gasteiger partial charge on any atom is -0.382 e. The average molecular weight is 301 g/mol. The minimum absolute atomic E-state index is 0. The van der Waals surface area contributed by atoms with Gasteiger partial charge < -0.3 is 15.8 Å². The second kappa shape index (κ2) is 11.7. The highest BCUT2D eigenvalue weighted by atomic mass is 35.5. The molecule has 0 aliphatic heterocycles. The molecule has 0 bridgehead atoms. The predicted molar refractivity (Wildman–Crippen MR) is 84.0 cm³/mol. The van der Waals surface area contributed by atoms with E-state index in [2.05, 4.69) is 5.32 Å². The van der Waals surface area contributed by atoms with Crippen LogP contribution in [-0.4, -0.2) is 25.7 Å². The van der Waals surface area contributed by atoms with E-state index in [9.17, 15) is 4.79 Å². The number of rotatable bonds is 9. The molecule has 0 aliphatic carbocycles. The molecule has 0 aromatic heterocycles. The Kier molecular flexibility index (Phi) is 11.1. The van der Waals surface area contributed by atoms with E-state index in [4.69, 9.17) is 10.5 Å². The average Bonchev–Trinajstić information content (AvgIpc) is 2.43. The molecule has 0 radical (unpaired) electrons. The van der Waals surface area contributed by atoms with Crippen molar-refractivity contribution in [2.24, 2.45) is 5.73 Å². The van der Waals surface area contributed by atoms with Gasteiger partial charge in [0.1, 0.15) is 0 Å². The van der Waals surface area contributed by atoms with E-state index in [1.807, 2.05) is 37.3 Å². The summed E-state index contributed by atoms with van der Waals surface area (Å²) in [5.74, 6) is 0.00719. The highest BCUT2D eigenvalue weighted by Crippen LogP contribution is 2.12. The van der Waals surface area contributed by atoms with Gasteiger partial charge in [0.15, 0.2) is 0 Å². The molecular weight excluding hydrogens is 276 g/mol. The summed E-state index contributed by atoms with van der Waals surface area (Å²) >= 11 is 0. The Morgan fingerprint density at radius 1 is 1.30 bits per heavy atom. The van der Waals surface area contributed by atoms with Gasteiger partial charge in [-0.25, -0.2) is 0 Å². The van der Waals surface area contributed by atoms with Gasteiger partial charge >= 0.3 is 0 Å². The van der Waals surface area contributed by atoms with Gasteiger partial charge in [0.05, 0.1) is 0 Å². The van der Waals surface area contributed by atoms with Crippen LogP contribution in [0.15, 0.2) is 30.3 Å². The van der Waals surface area contributed by atoms with Gasteiger partial charge in [0.2, 0.25) is 5.91 Å². The van der Waals surface area contributed by atoms with E-state index >= 15 is 0 Å². The number of nitrogens with two attached hydrogens (primary N) is 1. The highest BCUT2D eigenvalue weighted by molar-refractivity contribution is 5.85. The summed E-state index contributed by atoms with van der Waals surface area (Å²) in [6, 6.07) is 9.46. The van der Waals surface area contributed by atoms with Crippen LogP contribution in [0.25, 0.3) is 0 Å². The molecule has 1 atom stereocenters. The Hall–Kier alpha value is -1.10. The monoisotopic (exact) mass is 300 g/mol. The number of hydrogen-bond acceptors (Lipinski definition) is 3. The maximum absolute atomic E-state index is 11.7. The van der Waals surface area contributed by atoms with Crippen molar-refractivity contribution >= 4 is 18.3 Å². The fourth-order valence-corrected chi connectivity index (χ4v) is 1.79. The standard InChI is InChI=1S/C15H24N2O2.ClH/c1-2-19-11-7-6-10-17-15(18)12-14(16)13-8-4-3-5-9-13;/h3-5,8-9,14H,2,6-7,10-12,16H2,1H3,(H,17,18);1H. The molecule has 4 nitrogen and oxygen atoms in total. The Morgan fingerprint density at radius 2 is 2.00 bits per heavy atom. The largest absolute Gasteiger partial charge is 0.382 e. The first kappa shape index (κ1) is 18.9. The van der Waals surface area contributed by atoms with Gasteiger partial charge in [-0.2, -0.15) is 0 Å². The van der Waals surface area contributed by atoms with Gasteiger partial charge in [-0.3, -0.25) is 4.79 Å². The zero-order valence-electron chi connectivity index (χ0n) is 12.0. The fraction of sp³-hybridized carbons (Fsp3) is 0.533. The molecule has 114 valence electrons. The first-order valence-electron chi connectivity index (χ1n) is 6.89. The normalized spacial score (nSPS) is 11.5. The summed E-state index contributed by atoms with van der Waals surface area (Å²) in [7, 11) is 0. The quantitative estimate of drug-likeness (QED) is 0.689. The van der Waals surface area contributed by atoms with Crippen molar-refractivity contribution in [2.75, 3.05) is 19.8 Å². The zero-order valence-corrected chi connectivity index (χ0v) is 12.8. The number of unbranched alkanes of at least 4 members (excludes halogenated alkanes) is 1. The first-order chi connectivity index (χ1) is 9.24. The number of carbonyl (C=O) groups is 1. The molecule has 1 amide bonds. The SMILES string of the molecule is CCOCCCCNC(=O)CC(N)c1ccccc1.Cl. The van der Waals surface area contributed by atoms with Crippen molar-refractivity contribution in [1.29, 1.82) is 0 Å². The number of halogens is 1. The third-order valence-corrected chi connectivity index (χ3v) is 2.87. The topological polar surface area (TPSA) is 64.3 Å². The molecule has 5 heteroatoms. The lowest BCUT2D eigenvalue weighted by molar-refractivity contribution is -0.121. The molecule has 0 saturated carbocycles. The number of hydrogen-bond donors (Lipinski definition) is 2. The highest BCUT2D eigenvalue weighted by Gasteiger charge is 2.10. The second-order valence-corrected chi connectivity index (χ2v) is 4.48. The van der Waals surface area contributed by atoms with Crippen LogP contribution in [0.3, 0.4) is 0 Å². The number of benzene rings is 1. The Balaban J connectivity index is 0.00000361. The van der Waals surface area contributed by atoms with Crippen molar-refractivity contribution < 1.29 is 9.53 Å². The lowest BCUT2D eigenvalue weighted by atomic mass is 10.0. The molecule has 0 saturated heterocycles. The van der Waals surface area contributed by atoms with Crippen LogP contribution in [-0.2, 0) is 9.53 Å². The van der Waals surface area contributed by atoms with Crippen molar-refractivity contribution in [2.45, 2.75) is 32.2 Å². The summed E-state index contributed by atoms with van der Waals surface area (Å²) in [6.45, 7) is 4.17. The molecule has 20 heavy (non-hydrogen) atoms. The van der Waals surface area contributed by atoms with Crippen molar-refractivity contribution in [3.8, 4) is 0 Å². The number of nitrogens with one attached hydrogen (secondary N) is 1. The van der Waals surface area contributed by atoms with Crippen molar-refractivity contribution in [1.82, 2.24) is 5.32 Å². The summed E-state index contributed by atoms with van der Waals surface area (Å²) < 4.78 is 5.23. The van der Waals surface area contributed by atoms with E-state index in [0.717, 1.165) is 31.6 Å². The Bertz CT molecular complexity index is 360. The third kappa shape index (κ3) is 8.15. The smallest absolute Gasteiger partial charge is 0.221 e. The summed E-state index contributed by atoms with van der Waals surface area (Å²) in [5, 5.41) is 2.89. The fourth-order valence-electron chi connectivity index (χ4n) is 1.79. The Labute approximate surface area is 127 Å². The van der Waals surface area contributed by atoms with Crippen LogP contribution in [0.5, 0.6) is 0 Å². The summed E-state index contributed by atoms with van der Waals surface area (Å²) in [5.41, 5.74) is 6.98.